The number of ether oxygens (including phenoxy) is 1. The summed E-state index contributed by atoms with van der Waals surface area (Å²) in [6, 6.07) is 11.2. The van der Waals surface area contributed by atoms with Crippen LogP contribution in [0.2, 0.25) is 0 Å². The molecule has 0 saturated heterocycles. The topological polar surface area (TPSA) is 79.1 Å². The SMILES string of the molecule is NCCCn1nc(N)c2ccc(-c3ccccc3OC(F)(F)F)cc21. The van der Waals surface area contributed by atoms with Crippen molar-refractivity contribution in [1.82, 2.24) is 9.78 Å². The van der Waals surface area contributed by atoms with Gasteiger partial charge in [0.25, 0.3) is 0 Å². The Kier molecular flexibility index (Phi) is 4.54. The molecular weight excluding hydrogens is 333 g/mol. The van der Waals surface area contributed by atoms with Crippen molar-refractivity contribution >= 4 is 16.7 Å². The van der Waals surface area contributed by atoms with E-state index in [1.54, 1.807) is 35.0 Å². The molecule has 0 spiro atoms. The van der Waals surface area contributed by atoms with Gasteiger partial charge in [0.15, 0.2) is 5.82 Å². The lowest BCUT2D eigenvalue weighted by Gasteiger charge is -2.13. The van der Waals surface area contributed by atoms with Gasteiger partial charge < -0.3 is 16.2 Å². The van der Waals surface area contributed by atoms with Crippen molar-refractivity contribution in [2.24, 2.45) is 5.73 Å². The van der Waals surface area contributed by atoms with Crippen LogP contribution in [0.5, 0.6) is 5.75 Å². The lowest BCUT2D eigenvalue weighted by Crippen LogP contribution is -2.17. The summed E-state index contributed by atoms with van der Waals surface area (Å²) in [5.74, 6) is 0.119. The van der Waals surface area contributed by atoms with E-state index in [0.29, 0.717) is 36.5 Å². The Bertz CT molecular complexity index is 889. The van der Waals surface area contributed by atoms with Crippen LogP contribution in [0.1, 0.15) is 6.42 Å². The van der Waals surface area contributed by atoms with E-state index in [9.17, 15) is 13.2 Å². The standard InChI is InChI=1S/C17H17F3N4O/c18-17(19,20)25-15-5-2-1-4-12(15)11-6-7-13-14(10-11)24(9-3-8-21)23-16(13)22/h1-2,4-7,10H,3,8-9,21H2,(H2,22,23). The number of hydrogen-bond acceptors (Lipinski definition) is 4. The molecular formula is C17H17F3N4O. The van der Waals surface area contributed by atoms with Crippen molar-refractivity contribution in [2.75, 3.05) is 12.3 Å². The summed E-state index contributed by atoms with van der Waals surface area (Å²) in [6.45, 7) is 1.08. The molecule has 0 fully saturated rings. The average molecular weight is 350 g/mol. The van der Waals surface area contributed by atoms with Gasteiger partial charge in [0.2, 0.25) is 0 Å². The first-order valence-electron chi connectivity index (χ1n) is 7.70. The van der Waals surface area contributed by atoms with Crippen LogP contribution in [-0.2, 0) is 6.54 Å². The van der Waals surface area contributed by atoms with Crippen LogP contribution in [0.3, 0.4) is 0 Å². The molecule has 0 saturated carbocycles. The number of rotatable bonds is 5. The van der Waals surface area contributed by atoms with Crippen molar-refractivity contribution in [3.63, 3.8) is 0 Å². The predicted octanol–water partition coefficient (Wildman–Crippen LogP) is 3.53. The summed E-state index contributed by atoms with van der Waals surface area (Å²) >= 11 is 0. The van der Waals surface area contributed by atoms with E-state index in [0.717, 1.165) is 10.9 Å². The first-order chi connectivity index (χ1) is 11.9. The number of para-hydroxylation sites is 1. The predicted molar refractivity (Wildman–Crippen MR) is 89.9 cm³/mol. The molecule has 4 N–H and O–H groups in total. The van der Waals surface area contributed by atoms with Gasteiger partial charge in [0.05, 0.1) is 5.52 Å². The Balaban J connectivity index is 2.08. The molecule has 0 bridgehead atoms. The fraction of sp³-hybridized carbons (Fsp3) is 0.235. The van der Waals surface area contributed by atoms with E-state index < -0.39 is 6.36 Å². The Morgan fingerprint density at radius 1 is 1.12 bits per heavy atom. The Labute approximate surface area is 142 Å². The van der Waals surface area contributed by atoms with Gasteiger partial charge >= 0.3 is 6.36 Å². The number of aryl methyl sites for hydroxylation is 1. The minimum absolute atomic E-state index is 0.254. The smallest absolute Gasteiger partial charge is 0.405 e. The summed E-state index contributed by atoms with van der Waals surface area (Å²) in [4.78, 5) is 0. The van der Waals surface area contributed by atoms with E-state index >= 15 is 0 Å². The quantitative estimate of drug-likeness (QED) is 0.738. The first-order valence-corrected chi connectivity index (χ1v) is 7.70. The highest BCUT2D eigenvalue weighted by atomic mass is 19.4. The molecule has 0 amide bonds. The van der Waals surface area contributed by atoms with Gasteiger partial charge in [-0.1, -0.05) is 24.3 Å². The van der Waals surface area contributed by atoms with E-state index in [4.69, 9.17) is 11.5 Å². The summed E-state index contributed by atoms with van der Waals surface area (Å²) in [5.41, 5.74) is 13.1. The molecule has 8 heteroatoms. The number of fused-ring (bicyclic) bond motifs is 1. The van der Waals surface area contributed by atoms with Gasteiger partial charge in [-0.15, -0.1) is 13.2 Å². The Morgan fingerprint density at radius 2 is 1.88 bits per heavy atom. The molecule has 0 aliphatic rings. The van der Waals surface area contributed by atoms with Crippen LogP contribution in [0, 0.1) is 0 Å². The zero-order chi connectivity index (χ0) is 18.0. The van der Waals surface area contributed by atoms with Crippen LogP contribution >= 0.6 is 0 Å². The maximum atomic E-state index is 12.6. The maximum Gasteiger partial charge on any atom is 0.573 e. The number of hydrogen-bond donors (Lipinski definition) is 2. The summed E-state index contributed by atoms with van der Waals surface area (Å²) < 4.78 is 43.7. The van der Waals surface area contributed by atoms with E-state index in [1.807, 2.05) is 0 Å². The Morgan fingerprint density at radius 3 is 2.60 bits per heavy atom. The largest absolute Gasteiger partial charge is 0.573 e. The van der Waals surface area contributed by atoms with Crippen LogP contribution in [0.4, 0.5) is 19.0 Å². The minimum atomic E-state index is -4.76. The Hall–Kier alpha value is -2.74. The van der Waals surface area contributed by atoms with E-state index in [2.05, 4.69) is 9.84 Å². The van der Waals surface area contributed by atoms with E-state index in [1.165, 1.54) is 12.1 Å². The molecule has 0 atom stereocenters. The zero-order valence-electron chi connectivity index (χ0n) is 13.3. The molecule has 132 valence electrons. The molecule has 25 heavy (non-hydrogen) atoms. The normalized spacial score (nSPS) is 11.8. The van der Waals surface area contributed by atoms with Gasteiger partial charge in [-0.3, -0.25) is 4.68 Å². The second kappa shape index (κ2) is 6.64. The van der Waals surface area contributed by atoms with Gasteiger partial charge in [-0.05, 0) is 36.7 Å². The van der Waals surface area contributed by atoms with Crippen molar-refractivity contribution in [2.45, 2.75) is 19.3 Å². The van der Waals surface area contributed by atoms with Crippen LogP contribution < -0.4 is 16.2 Å². The van der Waals surface area contributed by atoms with Gasteiger partial charge in [0.1, 0.15) is 5.75 Å². The minimum Gasteiger partial charge on any atom is -0.405 e. The van der Waals surface area contributed by atoms with Gasteiger partial charge in [-0.2, -0.15) is 5.10 Å². The van der Waals surface area contributed by atoms with Crippen molar-refractivity contribution in [1.29, 1.82) is 0 Å². The summed E-state index contributed by atoms with van der Waals surface area (Å²) in [7, 11) is 0. The molecule has 3 rings (SSSR count). The number of aromatic nitrogens is 2. The number of nitrogens with zero attached hydrogens (tertiary/aromatic N) is 2. The molecule has 0 aliphatic carbocycles. The number of benzene rings is 2. The summed E-state index contributed by atoms with van der Waals surface area (Å²) in [6.07, 6.45) is -4.04. The molecule has 2 aromatic carbocycles. The van der Waals surface area contributed by atoms with E-state index in [-0.39, 0.29) is 5.75 Å². The second-order valence-electron chi connectivity index (χ2n) is 5.53. The molecule has 5 nitrogen and oxygen atoms in total. The first kappa shape index (κ1) is 17.1. The molecule has 1 aromatic heterocycles. The fourth-order valence-electron chi connectivity index (χ4n) is 2.70. The summed E-state index contributed by atoms with van der Waals surface area (Å²) in [5, 5.41) is 5.02. The van der Waals surface area contributed by atoms with Gasteiger partial charge in [-0.25, -0.2) is 0 Å². The monoisotopic (exact) mass is 350 g/mol. The van der Waals surface area contributed by atoms with Crippen molar-refractivity contribution < 1.29 is 17.9 Å². The second-order valence-corrected chi connectivity index (χ2v) is 5.53. The third-order valence-corrected chi connectivity index (χ3v) is 3.78. The average Bonchev–Trinajstić information content (AvgIpc) is 2.87. The third kappa shape index (κ3) is 3.69. The molecule has 3 aromatic rings. The highest BCUT2D eigenvalue weighted by molar-refractivity contribution is 5.92. The highest BCUT2D eigenvalue weighted by Gasteiger charge is 2.32. The molecule has 0 radical (unpaired) electrons. The van der Waals surface area contributed by atoms with Gasteiger partial charge in [0, 0.05) is 17.5 Å². The fourth-order valence-corrected chi connectivity index (χ4v) is 2.70. The number of halogens is 3. The van der Waals surface area contributed by atoms with Crippen molar-refractivity contribution in [3.05, 3.63) is 42.5 Å². The zero-order valence-corrected chi connectivity index (χ0v) is 13.3. The van der Waals surface area contributed by atoms with Crippen LogP contribution in [0.25, 0.3) is 22.0 Å². The highest BCUT2D eigenvalue weighted by Crippen LogP contribution is 2.35. The number of nitrogens with two attached hydrogens (primary N) is 2. The third-order valence-electron chi connectivity index (χ3n) is 3.78. The maximum absolute atomic E-state index is 12.6. The molecule has 1 heterocycles. The number of nitrogen functional groups attached to an aromatic ring is 1. The number of alkyl halides is 3. The van der Waals surface area contributed by atoms with Crippen molar-refractivity contribution in [3.8, 4) is 16.9 Å². The lowest BCUT2D eigenvalue weighted by molar-refractivity contribution is -0.274. The number of anilines is 1. The van der Waals surface area contributed by atoms with Crippen LogP contribution in [0.15, 0.2) is 42.5 Å². The molecule has 0 aliphatic heterocycles. The molecule has 0 unspecified atom stereocenters. The van der Waals surface area contributed by atoms with Crippen LogP contribution in [-0.4, -0.2) is 22.7 Å². The lowest BCUT2D eigenvalue weighted by atomic mass is 10.0.